The topological polar surface area (TPSA) is 51.6 Å². The van der Waals surface area contributed by atoms with Crippen LogP contribution in [0.2, 0.25) is 5.15 Å². The van der Waals surface area contributed by atoms with E-state index in [1.54, 1.807) is 6.07 Å². The molecule has 0 unspecified atom stereocenters. The maximum Gasteiger partial charge on any atom is 0.176 e. The van der Waals surface area contributed by atoms with E-state index in [0.717, 1.165) is 33.9 Å². The molecular formula is C10H11ClN4S2. The van der Waals surface area contributed by atoms with Gasteiger partial charge in [-0.2, -0.15) is 4.37 Å². The number of hydrogen-bond donors (Lipinski definition) is 0. The van der Waals surface area contributed by atoms with Crippen LogP contribution in [0.5, 0.6) is 0 Å². The van der Waals surface area contributed by atoms with Crippen molar-refractivity contribution >= 4 is 34.9 Å². The maximum absolute atomic E-state index is 5.96. The number of rotatable bonds is 4. The molecular weight excluding hydrogens is 276 g/mol. The lowest BCUT2D eigenvalue weighted by molar-refractivity contribution is 0.809. The van der Waals surface area contributed by atoms with Crippen molar-refractivity contribution in [3.05, 3.63) is 22.9 Å². The summed E-state index contributed by atoms with van der Waals surface area (Å²) >= 11 is 8.80. The van der Waals surface area contributed by atoms with Crippen LogP contribution in [-0.2, 0) is 6.42 Å². The van der Waals surface area contributed by atoms with E-state index in [1.165, 1.54) is 23.3 Å². The molecule has 0 saturated carbocycles. The Kier molecular flexibility index (Phi) is 4.31. The van der Waals surface area contributed by atoms with Crippen LogP contribution in [0.3, 0.4) is 0 Å². The van der Waals surface area contributed by atoms with Gasteiger partial charge in [0.2, 0.25) is 0 Å². The maximum atomic E-state index is 5.96. The molecule has 0 N–H and O–H groups in total. The summed E-state index contributed by atoms with van der Waals surface area (Å²) in [7, 11) is 0. The van der Waals surface area contributed by atoms with E-state index in [4.69, 9.17) is 11.6 Å². The fourth-order valence-corrected chi connectivity index (χ4v) is 3.12. The van der Waals surface area contributed by atoms with Crippen LogP contribution >= 0.6 is 34.9 Å². The Bertz CT molecular complexity index is 515. The Hall–Kier alpha value is -0.720. The van der Waals surface area contributed by atoms with Gasteiger partial charge in [0.25, 0.3) is 0 Å². The predicted molar refractivity (Wildman–Crippen MR) is 69.8 cm³/mol. The third kappa shape index (κ3) is 3.62. The van der Waals surface area contributed by atoms with Gasteiger partial charge in [0, 0.05) is 12.5 Å². The van der Waals surface area contributed by atoms with Crippen molar-refractivity contribution in [3.63, 3.8) is 0 Å². The van der Waals surface area contributed by atoms with Gasteiger partial charge in [-0.25, -0.2) is 15.0 Å². The first kappa shape index (κ1) is 12.7. The molecule has 0 aliphatic heterocycles. The van der Waals surface area contributed by atoms with Crippen molar-refractivity contribution in [3.8, 4) is 0 Å². The minimum Gasteiger partial charge on any atom is -0.226 e. The SMILES string of the molecule is CCCc1nc(Cl)cc(Sc2nc(C)ns2)n1. The normalized spacial score (nSPS) is 10.8. The van der Waals surface area contributed by atoms with Crippen LogP contribution < -0.4 is 0 Å². The highest BCUT2D eigenvalue weighted by molar-refractivity contribution is 8.00. The second-order valence-corrected chi connectivity index (χ2v) is 5.81. The lowest BCUT2D eigenvalue weighted by atomic mass is 10.3. The molecule has 90 valence electrons. The zero-order chi connectivity index (χ0) is 12.3. The van der Waals surface area contributed by atoms with Crippen LogP contribution in [-0.4, -0.2) is 19.3 Å². The van der Waals surface area contributed by atoms with E-state index in [-0.39, 0.29) is 0 Å². The van der Waals surface area contributed by atoms with Crippen LogP contribution in [0.4, 0.5) is 0 Å². The highest BCUT2D eigenvalue weighted by Crippen LogP contribution is 2.28. The predicted octanol–water partition coefficient (Wildman–Crippen LogP) is 3.39. The van der Waals surface area contributed by atoms with E-state index in [0.29, 0.717) is 5.15 Å². The van der Waals surface area contributed by atoms with Gasteiger partial charge in [-0.15, -0.1) is 0 Å². The third-order valence-corrected chi connectivity index (χ3v) is 3.85. The van der Waals surface area contributed by atoms with Crippen LogP contribution in [0, 0.1) is 6.92 Å². The first-order valence-corrected chi connectivity index (χ1v) is 7.16. The largest absolute Gasteiger partial charge is 0.226 e. The zero-order valence-electron chi connectivity index (χ0n) is 9.47. The zero-order valence-corrected chi connectivity index (χ0v) is 11.9. The van der Waals surface area contributed by atoms with Crippen LogP contribution in [0.1, 0.15) is 25.0 Å². The highest BCUT2D eigenvalue weighted by Gasteiger charge is 2.07. The summed E-state index contributed by atoms with van der Waals surface area (Å²) < 4.78 is 5.00. The van der Waals surface area contributed by atoms with Crippen LogP contribution in [0.15, 0.2) is 15.4 Å². The summed E-state index contributed by atoms with van der Waals surface area (Å²) in [5.41, 5.74) is 0. The van der Waals surface area contributed by atoms with Gasteiger partial charge in [-0.05, 0) is 36.6 Å². The van der Waals surface area contributed by atoms with Crippen molar-refractivity contribution in [2.45, 2.75) is 36.1 Å². The molecule has 2 aromatic rings. The van der Waals surface area contributed by atoms with Gasteiger partial charge in [-0.3, -0.25) is 0 Å². The molecule has 0 atom stereocenters. The average molecular weight is 287 g/mol. The van der Waals surface area contributed by atoms with E-state index in [1.807, 2.05) is 6.92 Å². The number of nitrogens with zero attached hydrogens (tertiary/aromatic N) is 4. The van der Waals surface area contributed by atoms with Gasteiger partial charge in [0.1, 0.15) is 21.8 Å². The molecule has 0 radical (unpaired) electrons. The van der Waals surface area contributed by atoms with Crippen molar-refractivity contribution in [1.82, 2.24) is 19.3 Å². The van der Waals surface area contributed by atoms with E-state index < -0.39 is 0 Å². The second-order valence-electron chi connectivity index (χ2n) is 3.40. The number of aryl methyl sites for hydroxylation is 2. The summed E-state index contributed by atoms with van der Waals surface area (Å²) in [6.07, 6.45) is 1.84. The molecule has 17 heavy (non-hydrogen) atoms. The number of aromatic nitrogens is 4. The lowest BCUT2D eigenvalue weighted by Gasteiger charge is -2.01. The van der Waals surface area contributed by atoms with Gasteiger partial charge in [0.15, 0.2) is 4.34 Å². The monoisotopic (exact) mass is 286 g/mol. The van der Waals surface area contributed by atoms with Crippen molar-refractivity contribution in [2.24, 2.45) is 0 Å². The summed E-state index contributed by atoms with van der Waals surface area (Å²) in [5, 5.41) is 1.30. The Labute approximate surface area is 113 Å². The Morgan fingerprint density at radius 1 is 1.35 bits per heavy atom. The van der Waals surface area contributed by atoms with Gasteiger partial charge < -0.3 is 0 Å². The first-order valence-electron chi connectivity index (χ1n) is 5.19. The highest BCUT2D eigenvalue weighted by atomic mass is 35.5. The summed E-state index contributed by atoms with van der Waals surface area (Å²) in [6, 6.07) is 1.75. The molecule has 4 nitrogen and oxygen atoms in total. The minimum absolute atomic E-state index is 0.479. The molecule has 0 spiro atoms. The quantitative estimate of drug-likeness (QED) is 0.806. The second kappa shape index (κ2) is 5.75. The molecule has 2 rings (SSSR count). The van der Waals surface area contributed by atoms with Gasteiger partial charge in [0.05, 0.1) is 0 Å². The molecule has 2 heterocycles. The summed E-state index contributed by atoms with van der Waals surface area (Å²) in [5.74, 6) is 1.56. The standard InChI is InChI=1S/C10H11ClN4S2/c1-3-4-8-13-7(11)5-9(14-8)16-10-12-6(2)15-17-10/h5H,3-4H2,1-2H3. The minimum atomic E-state index is 0.479. The van der Waals surface area contributed by atoms with E-state index >= 15 is 0 Å². The Morgan fingerprint density at radius 3 is 2.82 bits per heavy atom. The molecule has 0 aliphatic rings. The molecule has 0 fully saturated rings. The molecule has 0 aliphatic carbocycles. The lowest BCUT2D eigenvalue weighted by Crippen LogP contribution is -1.95. The Balaban J connectivity index is 2.20. The number of halogens is 1. The molecule has 0 bridgehead atoms. The molecule has 0 aromatic carbocycles. The van der Waals surface area contributed by atoms with E-state index in [2.05, 4.69) is 26.2 Å². The smallest absolute Gasteiger partial charge is 0.176 e. The average Bonchev–Trinajstić information content (AvgIpc) is 2.63. The molecule has 0 amide bonds. The van der Waals surface area contributed by atoms with E-state index in [9.17, 15) is 0 Å². The number of hydrogen-bond acceptors (Lipinski definition) is 6. The first-order chi connectivity index (χ1) is 8.17. The molecule has 0 saturated heterocycles. The fourth-order valence-electron chi connectivity index (χ4n) is 1.24. The summed E-state index contributed by atoms with van der Waals surface area (Å²) in [6.45, 7) is 3.96. The fraction of sp³-hybridized carbons (Fsp3) is 0.400. The van der Waals surface area contributed by atoms with Crippen LogP contribution in [0.25, 0.3) is 0 Å². The molecule has 2 aromatic heterocycles. The summed E-state index contributed by atoms with van der Waals surface area (Å²) in [4.78, 5) is 12.9. The van der Waals surface area contributed by atoms with Gasteiger partial charge >= 0.3 is 0 Å². The Morgan fingerprint density at radius 2 is 2.18 bits per heavy atom. The van der Waals surface area contributed by atoms with Crippen molar-refractivity contribution in [1.29, 1.82) is 0 Å². The van der Waals surface area contributed by atoms with Gasteiger partial charge in [-0.1, -0.05) is 18.5 Å². The third-order valence-electron chi connectivity index (χ3n) is 1.89. The molecule has 7 heteroatoms. The van der Waals surface area contributed by atoms with Crippen molar-refractivity contribution < 1.29 is 0 Å². The van der Waals surface area contributed by atoms with Crippen molar-refractivity contribution in [2.75, 3.05) is 0 Å².